The molecule has 0 atom stereocenters. The molecule has 0 saturated heterocycles. The maximum absolute atomic E-state index is 6.06. The van der Waals surface area contributed by atoms with E-state index in [-0.39, 0.29) is 5.92 Å². The Labute approximate surface area is 194 Å². The Kier molecular flexibility index (Phi) is 6.23. The summed E-state index contributed by atoms with van der Waals surface area (Å²) < 4.78 is 17.8. The van der Waals surface area contributed by atoms with Crippen molar-refractivity contribution in [2.24, 2.45) is 0 Å². The molecule has 0 aliphatic carbocycles. The summed E-state index contributed by atoms with van der Waals surface area (Å²) in [5.74, 6) is 0.774. The molecule has 5 rings (SSSR count). The first-order chi connectivity index (χ1) is 16.3. The predicted octanol–water partition coefficient (Wildman–Crippen LogP) is 7.34. The molecule has 0 fully saturated rings. The highest BCUT2D eigenvalue weighted by Gasteiger charge is 2.23. The van der Waals surface area contributed by atoms with Crippen LogP contribution < -0.4 is 4.74 Å². The first kappa shape index (κ1) is 21.0. The van der Waals surface area contributed by atoms with Gasteiger partial charge in [0.05, 0.1) is 26.6 Å². The largest absolute Gasteiger partial charge is 0.493 e. The minimum absolute atomic E-state index is 0.0545. The Morgan fingerprint density at radius 2 is 1.27 bits per heavy atom. The van der Waals surface area contributed by atoms with Gasteiger partial charge in [0.1, 0.15) is 0 Å². The molecule has 5 aromatic rings. The van der Waals surface area contributed by atoms with Crippen molar-refractivity contribution < 1.29 is 13.9 Å². The van der Waals surface area contributed by atoms with Crippen molar-refractivity contribution in [3.63, 3.8) is 0 Å². The predicted molar refractivity (Wildman–Crippen MR) is 132 cm³/mol. The van der Waals surface area contributed by atoms with Crippen molar-refractivity contribution >= 4 is 11.0 Å². The van der Waals surface area contributed by atoms with Gasteiger partial charge in [0, 0.05) is 16.9 Å². The molecule has 3 heteroatoms. The number of ether oxygens (including phenoxy) is 2. The van der Waals surface area contributed by atoms with Crippen LogP contribution in [0.2, 0.25) is 0 Å². The molecule has 0 bridgehead atoms. The number of methoxy groups -OCH3 is 1. The summed E-state index contributed by atoms with van der Waals surface area (Å²) in [6, 6.07) is 35.5. The van der Waals surface area contributed by atoms with Crippen LogP contribution >= 0.6 is 0 Å². The number of furan rings is 1. The number of rotatable bonds is 8. The lowest BCUT2D eigenvalue weighted by Crippen LogP contribution is -2.03. The number of fused-ring (bicyclic) bond motifs is 1. The van der Waals surface area contributed by atoms with Crippen LogP contribution in [0.15, 0.2) is 114 Å². The maximum atomic E-state index is 6.06. The average molecular weight is 435 g/mol. The highest BCUT2D eigenvalue weighted by molar-refractivity contribution is 5.88. The van der Waals surface area contributed by atoms with Gasteiger partial charge < -0.3 is 13.9 Å². The molecule has 1 heterocycles. The lowest BCUT2D eigenvalue weighted by Gasteiger charge is -2.18. The van der Waals surface area contributed by atoms with Gasteiger partial charge in [-0.15, -0.1) is 0 Å². The van der Waals surface area contributed by atoms with Gasteiger partial charge >= 0.3 is 0 Å². The summed E-state index contributed by atoms with van der Waals surface area (Å²) in [5, 5.41) is 1.05. The van der Waals surface area contributed by atoms with Gasteiger partial charge in [-0.25, -0.2) is 0 Å². The van der Waals surface area contributed by atoms with Crippen LogP contribution in [0.4, 0.5) is 0 Å². The zero-order valence-corrected chi connectivity index (χ0v) is 18.6. The van der Waals surface area contributed by atoms with Crippen LogP contribution in [0.3, 0.4) is 0 Å². The fraction of sp³-hybridized carbons (Fsp3) is 0.133. The molecular weight excluding hydrogens is 408 g/mol. The third-order valence-electron chi connectivity index (χ3n) is 5.91. The molecule has 0 aliphatic rings. The molecule has 0 aliphatic heterocycles. The Hall–Kier alpha value is -3.82. The fourth-order valence-electron chi connectivity index (χ4n) is 4.34. The van der Waals surface area contributed by atoms with Crippen molar-refractivity contribution in [1.82, 2.24) is 0 Å². The Morgan fingerprint density at radius 1 is 0.697 bits per heavy atom. The minimum Gasteiger partial charge on any atom is -0.493 e. The quantitative estimate of drug-likeness (QED) is 0.256. The van der Waals surface area contributed by atoms with Crippen LogP contribution in [-0.2, 0) is 18.0 Å². The molecule has 0 saturated carbocycles. The third kappa shape index (κ3) is 4.55. The van der Waals surface area contributed by atoms with Gasteiger partial charge in [0.15, 0.2) is 11.3 Å². The number of hydrogen-bond acceptors (Lipinski definition) is 3. The molecule has 33 heavy (non-hydrogen) atoms. The number of benzene rings is 4. The fourth-order valence-corrected chi connectivity index (χ4v) is 4.34. The molecular formula is C30H26O3. The van der Waals surface area contributed by atoms with E-state index in [4.69, 9.17) is 13.9 Å². The summed E-state index contributed by atoms with van der Waals surface area (Å²) in [4.78, 5) is 0. The highest BCUT2D eigenvalue weighted by Crippen LogP contribution is 2.40. The van der Waals surface area contributed by atoms with Crippen LogP contribution in [0.1, 0.15) is 33.7 Å². The van der Waals surface area contributed by atoms with E-state index in [2.05, 4.69) is 66.7 Å². The molecule has 164 valence electrons. The normalized spacial score (nSPS) is 11.2. The van der Waals surface area contributed by atoms with Crippen molar-refractivity contribution in [3.8, 4) is 5.75 Å². The first-order valence-electron chi connectivity index (χ1n) is 11.1. The van der Waals surface area contributed by atoms with E-state index >= 15 is 0 Å². The molecule has 0 N–H and O–H groups in total. The summed E-state index contributed by atoms with van der Waals surface area (Å²) in [5.41, 5.74) is 6.52. The van der Waals surface area contributed by atoms with E-state index in [1.807, 2.05) is 42.7 Å². The van der Waals surface area contributed by atoms with Crippen LogP contribution in [0.25, 0.3) is 11.0 Å². The van der Waals surface area contributed by atoms with Crippen molar-refractivity contribution in [2.45, 2.75) is 19.1 Å². The van der Waals surface area contributed by atoms with Crippen LogP contribution in [-0.4, -0.2) is 7.11 Å². The number of hydrogen-bond donors (Lipinski definition) is 0. The van der Waals surface area contributed by atoms with E-state index in [0.29, 0.717) is 13.2 Å². The zero-order chi connectivity index (χ0) is 22.5. The third-order valence-corrected chi connectivity index (χ3v) is 5.91. The van der Waals surface area contributed by atoms with Gasteiger partial charge in [-0.05, 0) is 34.4 Å². The van der Waals surface area contributed by atoms with Gasteiger partial charge in [0.2, 0.25) is 0 Å². The molecule has 0 radical (unpaired) electrons. The van der Waals surface area contributed by atoms with Gasteiger partial charge in [0.25, 0.3) is 0 Å². The van der Waals surface area contributed by atoms with E-state index < -0.39 is 0 Å². The molecule has 4 aromatic carbocycles. The van der Waals surface area contributed by atoms with Crippen molar-refractivity contribution in [2.75, 3.05) is 7.11 Å². The molecule has 0 amide bonds. The summed E-state index contributed by atoms with van der Waals surface area (Å²) >= 11 is 0. The van der Waals surface area contributed by atoms with E-state index in [0.717, 1.165) is 33.4 Å². The Bertz CT molecular complexity index is 1270. The van der Waals surface area contributed by atoms with E-state index in [9.17, 15) is 0 Å². The zero-order valence-electron chi connectivity index (χ0n) is 18.6. The summed E-state index contributed by atoms with van der Waals surface area (Å²) in [6.07, 6.45) is 1.87. The topological polar surface area (TPSA) is 31.6 Å². The molecule has 1 aromatic heterocycles. The highest BCUT2D eigenvalue weighted by atomic mass is 16.5. The van der Waals surface area contributed by atoms with Crippen LogP contribution in [0, 0.1) is 0 Å². The SMILES string of the molecule is COc1cc(COCc2ccccc2)cc2c(C(c3ccccc3)c3ccccc3)coc12. The van der Waals surface area contributed by atoms with Crippen molar-refractivity contribution in [3.05, 3.63) is 137 Å². The molecule has 0 unspecified atom stereocenters. The second-order valence-corrected chi connectivity index (χ2v) is 8.10. The van der Waals surface area contributed by atoms with E-state index in [1.165, 1.54) is 11.1 Å². The van der Waals surface area contributed by atoms with Crippen LogP contribution in [0.5, 0.6) is 5.75 Å². The summed E-state index contributed by atoms with van der Waals surface area (Å²) in [6.45, 7) is 1.06. The maximum Gasteiger partial charge on any atom is 0.176 e. The van der Waals surface area contributed by atoms with Gasteiger partial charge in [-0.2, -0.15) is 0 Å². The standard InChI is InChI=1S/C30H26O3/c1-31-28-18-23(20-32-19-22-11-5-2-6-12-22)17-26-27(21-33-30(26)28)29(24-13-7-3-8-14-24)25-15-9-4-10-16-25/h2-18,21,29H,19-20H2,1H3. The Morgan fingerprint density at radius 3 is 1.88 bits per heavy atom. The average Bonchev–Trinajstić information content (AvgIpc) is 3.29. The minimum atomic E-state index is 0.0545. The second-order valence-electron chi connectivity index (χ2n) is 8.10. The van der Waals surface area contributed by atoms with E-state index in [1.54, 1.807) is 7.11 Å². The van der Waals surface area contributed by atoms with Crippen molar-refractivity contribution in [1.29, 1.82) is 0 Å². The van der Waals surface area contributed by atoms with Gasteiger partial charge in [-0.3, -0.25) is 0 Å². The second kappa shape index (κ2) is 9.76. The molecule has 3 nitrogen and oxygen atoms in total. The lowest BCUT2D eigenvalue weighted by molar-refractivity contribution is 0.107. The molecule has 0 spiro atoms. The van der Waals surface area contributed by atoms with Gasteiger partial charge in [-0.1, -0.05) is 91.0 Å². The smallest absolute Gasteiger partial charge is 0.176 e. The first-order valence-corrected chi connectivity index (χ1v) is 11.1. The Balaban J connectivity index is 1.54. The lowest BCUT2D eigenvalue weighted by atomic mass is 9.85. The monoisotopic (exact) mass is 434 g/mol. The summed E-state index contributed by atoms with van der Waals surface area (Å²) in [7, 11) is 1.68.